The summed E-state index contributed by atoms with van der Waals surface area (Å²) in [5, 5.41) is 8.31. The van der Waals surface area contributed by atoms with Crippen molar-refractivity contribution in [2.45, 2.75) is 37.6 Å². The molecule has 0 radical (unpaired) electrons. The Morgan fingerprint density at radius 1 is 1.13 bits per heavy atom. The number of hydrogen-bond donors (Lipinski definition) is 1. The SMILES string of the molecule is O=C(NCc1ccc(Cl)cc1Cl)c1nn(-c2ccc(F)cc2F)c2c1C1CCC2C1. The molecule has 0 spiro atoms. The first-order valence-electron chi connectivity index (χ1n) is 9.72. The molecule has 2 atom stereocenters. The van der Waals surface area contributed by atoms with Crippen LogP contribution in [0, 0.1) is 11.6 Å². The maximum Gasteiger partial charge on any atom is 0.272 e. The number of benzene rings is 2. The van der Waals surface area contributed by atoms with Gasteiger partial charge in [-0.25, -0.2) is 13.5 Å². The van der Waals surface area contributed by atoms with E-state index in [4.69, 9.17) is 23.2 Å². The van der Waals surface area contributed by atoms with Crippen LogP contribution in [-0.4, -0.2) is 15.7 Å². The third-order valence-electron chi connectivity index (χ3n) is 5.99. The second kappa shape index (κ2) is 7.36. The maximum absolute atomic E-state index is 14.5. The van der Waals surface area contributed by atoms with Gasteiger partial charge in [0.05, 0.1) is 5.69 Å². The van der Waals surface area contributed by atoms with E-state index in [1.54, 1.807) is 18.2 Å². The highest BCUT2D eigenvalue weighted by atomic mass is 35.5. The summed E-state index contributed by atoms with van der Waals surface area (Å²) in [7, 11) is 0. The largest absolute Gasteiger partial charge is 0.346 e. The van der Waals surface area contributed by atoms with E-state index in [0.29, 0.717) is 15.7 Å². The molecule has 2 unspecified atom stereocenters. The number of halogens is 4. The molecule has 3 aromatic rings. The Morgan fingerprint density at radius 2 is 1.93 bits per heavy atom. The van der Waals surface area contributed by atoms with Crippen molar-refractivity contribution < 1.29 is 13.6 Å². The van der Waals surface area contributed by atoms with E-state index in [1.807, 2.05) is 0 Å². The Balaban J connectivity index is 1.50. The normalized spacial score (nSPS) is 19.2. The lowest BCUT2D eigenvalue weighted by molar-refractivity contribution is 0.0944. The number of amides is 1. The monoisotopic (exact) mass is 447 g/mol. The molecule has 1 aromatic heterocycles. The molecule has 154 valence electrons. The Bertz CT molecular complexity index is 1180. The number of hydrogen-bond acceptors (Lipinski definition) is 2. The number of fused-ring (bicyclic) bond motifs is 5. The van der Waals surface area contributed by atoms with Crippen LogP contribution in [0.25, 0.3) is 5.69 Å². The van der Waals surface area contributed by atoms with Crippen molar-refractivity contribution in [2.75, 3.05) is 0 Å². The minimum absolute atomic E-state index is 0.153. The van der Waals surface area contributed by atoms with Crippen LogP contribution >= 0.6 is 23.2 Å². The maximum atomic E-state index is 14.5. The zero-order valence-electron chi connectivity index (χ0n) is 15.8. The van der Waals surface area contributed by atoms with E-state index in [1.165, 1.54) is 16.8 Å². The van der Waals surface area contributed by atoms with Crippen molar-refractivity contribution in [1.29, 1.82) is 0 Å². The average Bonchev–Trinajstić information content (AvgIpc) is 3.40. The van der Waals surface area contributed by atoms with E-state index >= 15 is 0 Å². The molecule has 2 bridgehead atoms. The molecule has 1 saturated carbocycles. The number of aromatic nitrogens is 2. The second-order valence-corrected chi connectivity index (χ2v) is 8.62. The van der Waals surface area contributed by atoms with Crippen molar-refractivity contribution in [2.24, 2.45) is 0 Å². The number of nitrogens with zero attached hydrogens (tertiary/aromatic N) is 2. The highest BCUT2D eigenvalue weighted by Crippen LogP contribution is 2.54. The summed E-state index contributed by atoms with van der Waals surface area (Å²) in [6.07, 6.45) is 2.89. The molecule has 1 N–H and O–H groups in total. The molecule has 1 amide bonds. The average molecular weight is 448 g/mol. The molecule has 2 aromatic carbocycles. The minimum atomic E-state index is -0.706. The van der Waals surface area contributed by atoms with E-state index in [-0.39, 0.29) is 30.0 Å². The predicted molar refractivity (Wildman–Crippen MR) is 110 cm³/mol. The van der Waals surface area contributed by atoms with Gasteiger partial charge in [0, 0.05) is 34.1 Å². The zero-order valence-corrected chi connectivity index (χ0v) is 17.3. The van der Waals surface area contributed by atoms with Gasteiger partial charge in [-0.3, -0.25) is 4.79 Å². The van der Waals surface area contributed by atoms with Gasteiger partial charge in [0.2, 0.25) is 0 Å². The summed E-state index contributed by atoms with van der Waals surface area (Å²) < 4.78 is 29.3. The van der Waals surface area contributed by atoms with Crippen molar-refractivity contribution >= 4 is 29.1 Å². The number of nitrogens with one attached hydrogen (secondary N) is 1. The van der Waals surface area contributed by atoms with E-state index < -0.39 is 11.6 Å². The van der Waals surface area contributed by atoms with Crippen LogP contribution in [-0.2, 0) is 6.54 Å². The van der Waals surface area contributed by atoms with Gasteiger partial charge >= 0.3 is 0 Å². The number of rotatable bonds is 4. The van der Waals surface area contributed by atoms with Gasteiger partial charge < -0.3 is 5.32 Å². The van der Waals surface area contributed by atoms with Gasteiger partial charge in [-0.15, -0.1) is 0 Å². The van der Waals surface area contributed by atoms with Gasteiger partial charge in [-0.05, 0) is 55.0 Å². The molecular formula is C22H17Cl2F2N3O. The molecular weight excluding hydrogens is 431 g/mol. The van der Waals surface area contributed by atoms with Crippen LogP contribution in [0.5, 0.6) is 0 Å². The molecule has 2 aliphatic rings. The lowest BCUT2D eigenvalue weighted by Crippen LogP contribution is -2.25. The summed E-state index contributed by atoms with van der Waals surface area (Å²) in [5.41, 5.74) is 2.93. The Hall–Kier alpha value is -2.44. The fourth-order valence-corrected chi connectivity index (χ4v) is 5.13. The van der Waals surface area contributed by atoms with E-state index in [2.05, 4.69) is 10.4 Å². The fraction of sp³-hybridized carbons (Fsp3) is 0.273. The Kier molecular flexibility index (Phi) is 4.79. The molecule has 0 saturated heterocycles. The topological polar surface area (TPSA) is 46.9 Å². The first kappa shape index (κ1) is 19.5. The van der Waals surface area contributed by atoms with Crippen LogP contribution in [0.4, 0.5) is 8.78 Å². The van der Waals surface area contributed by atoms with Gasteiger partial charge in [-0.1, -0.05) is 29.3 Å². The smallest absolute Gasteiger partial charge is 0.272 e. The third-order valence-corrected chi connectivity index (χ3v) is 6.58. The van der Waals surface area contributed by atoms with Gasteiger partial charge in [0.1, 0.15) is 11.5 Å². The molecule has 5 rings (SSSR count). The minimum Gasteiger partial charge on any atom is -0.346 e. The van der Waals surface area contributed by atoms with Crippen LogP contribution in [0.15, 0.2) is 36.4 Å². The lowest BCUT2D eigenvalue weighted by Gasteiger charge is -2.14. The second-order valence-electron chi connectivity index (χ2n) is 7.78. The molecule has 1 fully saturated rings. The quantitative estimate of drug-likeness (QED) is 0.553. The van der Waals surface area contributed by atoms with Crippen molar-refractivity contribution in [3.63, 3.8) is 0 Å². The number of carbonyl (C=O) groups excluding carboxylic acids is 1. The predicted octanol–water partition coefficient (Wildman–Crippen LogP) is 5.75. The van der Waals surface area contributed by atoms with Crippen LogP contribution in [0.1, 0.15) is 58.4 Å². The Morgan fingerprint density at radius 3 is 2.70 bits per heavy atom. The first-order chi connectivity index (χ1) is 14.4. The van der Waals surface area contributed by atoms with E-state index in [9.17, 15) is 13.6 Å². The van der Waals surface area contributed by atoms with E-state index in [0.717, 1.165) is 42.1 Å². The summed E-state index contributed by atoms with van der Waals surface area (Å²) >= 11 is 12.1. The first-order valence-corrected chi connectivity index (χ1v) is 10.5. The van der Waals surface area contributed by atoms with Gasteiger partial charge in [0.15, 0.2) is 11.5 Å². The number of carbonyl (C=O) groups is 1. The molecule has 4 nitrogen and oxygen atoms in total. The summed E-state index contributed by atoms with van der Waals surface area (Å²) in [5.74, 6) is -1.23. The molecule has 8 heteroatoms. The fourth-order valence-electron chi connectivity index (χ4n) is 4.66. The lowest BCUT2D eigenvalue weighted by atomic mass is 9.95. The summed E-state index contributed by atoms with van der Waals surface area (Å²) in [6.45, 7) is 0.218. The van der Waals surface area contributed by atoms with Crippen LogP contribution in [0.3, 0.4) is 0 Å². The molecule has 1 heterocycles. The standard InChI is InChI=1S/C22H17Cl2F2N3O/c23-14-4-3-13(16(24)8-14)10-27-22(30)20-19-11-1-2-12(7-11)21(19)29(28-20)18-6-5-15(25)9-17(18)26/h3-6,8-9,11-12H,1-2,7,10H2,(H,27,30). The van der Waals surface area contributed by atoms with Crippen LogP contribution < -0.4 is 5.32 Å². The zero-order chi connectivity index (χ0) is 21.0. The summed E-state index contributed by atoms with van der Waals surface area (Å²) in [6, 6.07) is 8.47. The van der Waals surface area contributed by atoms with Gasteiger partial charge in [-0.2, -0.15) is 5.10 Å². The molecule has 2 aliphatic carbocycles. The molecule has 0 aliphatic heterocycles. The highest BCUT2D eigenvalue weighted by molar-refractivity contribution is 6.35. The summed E-state index contributed by atoms with van der Waals surface area (Å²) in [4.78, 5) is 13.0. The van der Waals surface area contributed by atoms with Crippen LogP contribution in [0.2, 0.25) is 10.0 Å². The molecule has 30 heavy (non-hydrogen) atoms. The van der Waals surface area contributed by atoms with Crippen molar-refractivity contribution in [3.8, 4) is 5.69 Å². The van der Waals surface area contributed by atoms with Crippen molar-refractivity contribution in [3.05, 3.63) is 80.6 Å². The third kappa shape index (κ3) is 3.19. The highest BCUT2D eigenvalue weighted by Gasteiger charge is 2.44. The Labute approximate surface area is 181 Å². The van der Waals surface area contributed by atoms with Crippen molar-refractivity contribution in [1.82, 2.24) is 15.1 Å². The van der Waals surface area contributed by atoms with Gasteiger partial charge in [0.25, 0.3) is 5.91 Å².